The van der Waals surface area contributed by atoms with Gasteiger partial charge in [-0.2, -0.15) is 0 Å². The number of carbonyl (C=O) groups excluding carboxylic acids is 3. The second-order valence-electron chi connectivity index (χ2n) is 3.34. The highest BCUT2D eigenvalue weighted by atomic mass is 16.5. The van der Waals surface area contributed by atoms with Crippen LogP contribution in [0.2, 0.25) is 0 Å². The van der Waals surface area contributed by atoms with E-state index in [1.807, 2.05) is 0 Å². The molecule has 0 radical (unpaired) electrons. The molecule has 1 heterocycles. The van der Waals surface area contributed by atoms with Crippen LogP contribution >= 0.6 is 0 Å². The van der Waals surface area contributed by atoms with Crippen molar-refractivity contribution in [1.29, 1.82) is 0 Å². The Morgan fingerprint density at radius 2 is 2.18 bits per heavy atom. The predicted molar refractivity (Wildman–Crippen MR) is 58.9 cm³/mol. The van der Waals surface area contributed by atoms with Gasteiger partial charge in [-0.3, -0.25) is 4.79 Å². The summed E-state index contributed by atoms with van der Waals surface area (Å²) in [5.74, 6) is -1.09. The van der Waals surface area contributed by atoms with Crippen LogP contribution in [0.25, 0.3) is 0 Å². The minimum atomic E-state index is -0.605. The number of methoxy groups -OCH3 is 1. The largest absolute Gasteiger partial charge is 0.466 e. The van der Waals surface area contributed by atoms with Gasteiger partial charge in [-0.05, 0) is 13.3 Å². The van der Waals surface area contributed by atoms with Crippen LogP contribution in [0.15, 0.2) is 11.3 Å². The van der Waals surface area contributed by atoms with Crippen LogP contribution in [0.3, 0.4) is 0 Å². The fourth-order valence-electron chi connectivity index (χ4n) is 1.43. The highest BCUT2D eigenvalue weighted by Crippen LogP contribution is 2.12. The van der Waals surface area contributed by atoms with Gasteiger partial charge in [-0.15, -0.1) is 0 Å². The topological polar surface area (TPSA) is 96.5 Å². The maximum atomic E-state index is 11.5. The molecule has 0 aromatic heterocycles. The number of nitrogens with one attached hydrogen (secondary N) is 3. The van der Waals surface area contributed by atoms with Crippen molar-refractivity contribution in [2.45, 2.75) is 13.3 Å². The summed E-state index contributed by atoms with van der Waals surface area (Å²) in [7, 11) is 1.23. The SMILES string of the molecule is CCNC(=O)NC1=C(C(=O)OC)CCNC1=O. The third-order valence-corrected chi connectivity index (χ3v) is 2.20. The fourth-order valence-corrected chi connectivity index (χ4v) is 1.43. The summed E-state index contributed by atoms with van der Waals surface area (Å²) in [4.78, 5) is 34.3. The number of esters is 1. The first-order valence-corrected chi connectivity index (χ1v) is 5.24. The highest BCUT2D eigenvalue weighted by Gasteiger charge is 2.26. The molecule has 0 saturated heterocycles. The van der Waals surface area contributed by atoms with E-state index in [1.165, 1.54) is 7.11 Å². The zero-order valence-electron chi connectivity index (χ0n) is 9.75. The summed E-state index contributed by atoms with van der Waals surface area (Å²) in [6, 6.07) is -0.527. The number of amides is 3. The van der Waals surface area contributed by atoms with Crippen LogP contribution in [-0.2, 0) is 14.3 Å². The van der Waals surface area contributed by atoms with Gasteiger partial charge in [-0.25, -0.2) is 9.59 Å². The van der Waals surface area contributed by atoms with Crippen molar-refractivity contribution >= 4 is 17.9 Å². The van der Waals surface area contributed by atoms with Gasteiger partial charge in [0.15, 0.2) is 0 Å². The molecule has 3 N–H and O–H groups in total. The molecule has 0 bridgehead atoms. The molecule has 1 aliphatic rings. The van der Waals surface area contributed by atoms with Gasteiger partial charge < -0.3 is 20.7 Å². The fraction of sp³-hybridized carbons (Fsp3) is 0.500. The lowest BCUT2D eigenvalue weighted by Crippen LogP contribution is -2.44. The summed E-state index contributed by atoms with van der Waals surface area (Å²) in [5, 5.41) is 7.37. The van der Waals surface area contributed by atoms with Gasteiger partial charge in [0.25, 0.3) is 5.91 Å². The third-order valence-electron chi connectivity index (χ3n) is 2.20. The van der Waals surface area contributed by atoms with Crippen LogP contribution in [0.5, 0.6) is 0 Å². The van der Waals surface area contributed by atoms with E-state index in [1.54, 1.807) is 6.92 Å². The number of hydrogen-bond acceptors (Lipinski definition) is 4. The molecule has 7 nitrogen and oxygen atoms in total. The van der Waals surface area contributed by atoms with Crippen molar-refractivity contribution in [3.8, 4) is 0 Å². The maximum absolute atomic E-state index is 11.5. The van der Waals surface area contributed by atoms with E-state index in [9.17, 15) is 14.4 Å². The van der Waals surface area contributed by atoms with E-state index in [0.717, 1.165) is 0 Å². The Morgan fingerprint density at radius 1 is 1.47 bits per heavy atom. The van der Waals surface area contributed by atoms with E-state index in [-0.39, 0.29) is 11.3 Å². The molecule has 1 rings (SSSR count). The molecule has 0 aromatic carbocycles. The van der Waals surface area contributed by atoms with Crippen LogP contribution in [-0.4, -0.2) is 38.1 Å². The lowest BCUT2D eigenvalue weighted by molar-refractivity contribution is -0.137. The van der Waals surface area contributed by atoms with E-state index in [4.69, 9.17) is 0 Å². The zero-order valence-corrected chi connectivity index (χ0v) is 9.75. The Morgan fingerprint density at radius 3 is 2.76 bits per heavy atom. The molecular formula is C10H15N3O4. The molecule has 0 spiro atoms. The molecule has 17 heavy (non-hydrogen) atoms. The number of hydrogen-bond donors (Lipinski definition) is 3. The maximum Gasteiger partial charge on any atom is 0.336 e. The van der Waals surface area contributed by atoms with Crippen molar-refractivity contribution in [2.75, 3.05) is 20.2 Å². The quantitative estimate of drug-likeness (QED) is 0.566. The number of rotatable bonds is 3. The molecular weight excluding hydrogens is 226 g/mol. The van der Waals surface area contributed by atoms with Crippen molar-refractivity contribution in [3.63, 3.8) is 0 Å². The van der Waals surface area contributed by atoms with E-state index < -0.39 is 17.9 Å². The summed E-state index contributed by atoms with van der Waals surface area (Å²) in [6.45, 7) is 2.52. The van der Waals surface area contributed by atoms with Crippen molar-refractivity contribution in [2.24, 2.45) is 0 Å². The second kappa shape index (κ2) is 5.88. The summed E-state index contributed by atoms with van der Waals surface area (Å²) >= 11 is 0. The van der Waals surface area contributed by atoms with Crippen molar-refractivity contribution in [1.82, 2.24) is 16.0 Å². The van der Waals surface area contributed by atoms with E-state index in [2.05, 4.69) is 20.7 Å². The molecule has 0 aromatic rings. The van der Waals surface area contributed by atoms with Gasteiger partial charge in [0, 0.05) is 13.1 Å². The first kappa shape index (κ1) is 13.0. The van der Waals surface area contributed by atoms with Gasteiger partial charge >= 0.3 is 12.0 Å². The van der Waals surface area contributed by atoms with E-state index >= 15 is 0 Å². The minimum absolute atomic E-state index is 0.0472. The van der Waals surface area contributed by atoms with Gasteiger partial charge in [0.1, 0.15) is 5.70 Å². The second-order valence-corrected chi connectivity index (χ2v) is 3.34. The zero-order chi connectivity index (χ0) is 12.8. The van der Waals surface area contributed by atoms with Crippen LogP contribution in [0, 0.1) is 0 Å². The van der Waals surface area contributed by atoms with Crippen molar-refractivity contribution < 1.29 is 19.1 Å². The Hall–Kier alpha value is -2.05. The summed E-state index contributed by atoms with van der Waals surface area (Å²) in [6.07, 6.45) is 0.333. The Kier molecular flexibility index (Phi) is 4.50. The monoisotopic (exact) mass is 241 g/mol. The summed E-state index contributed by atoms with van der Waals surface area (Å²) in [5.41, 5.74) is 0.136. The number of ether oxygens (including phenoxy) is 1. The molecule has 0 fully saturated rings. The predicted octanol–water partition coefficient (Wildman–Crippen LogP) is -0.747. The smallest absolute Gasteiger partial charge is 0.336 e. The minimum Gasteiger partial charge on any atom is -0.466 e. The standard InChI is InChI=1S/C10H15N3O4/c1-3-11-10(16)13-7-6(9(15)17-2)4-5-12-8(7)14/h3-5H2,1-2H3,(H,12,14)(H2,11,13,16). The Bertz CT molecular complexity index is 376. The van der Waals surface area contributed by atoms with Gasteiger partial charge in [0.05, 0.1) is 12.7 Å². The highest BCUT2D eigenvalue weighted by molar-refractivity contribution is 6.05. The average Bonchev–Trinajstić information content (AvgIpc) is 2.31. The molecule has 0 unspecified atom stereocenters. The van der Waals surface area contributed by atoms with E-state index in [0.29, 0.717) is 19.5 Å². The normalized spacial score (nSPS) is 15.1. The summed E-state index contributed by atoms with van der Waals surface area (Å²) < 4.78 is 4.56. The molecule has 0 saturated carbocycles. The molecule has 0 atom stereocenters. The first-order chi connectivity index (χ1) is 8.10. The lowest BCUT2D eigenvalue weighted by atomic mass is 10.1. The number of carbonyl (C=O) groups is 3. The van der Waals surface area contributed by atoms with Crippen LogP contribution in [0.4, 0.5) is 4.79 Å². The Labute approximate surface area is 98.6 Å². The van der Waals surface area contributed by atoms with Crippen molar-refractivity contribution in [3.05, 3.63) is 11.3 Å². The van der Waals surface area contributed by atoms with Gasteiger partial charge in [-0.1, -0.05) is 0 Å². The Balaban J connectivity index is 2.92. The van der Waals surface area contributed by atoms with Gasteiger partial charge in [0.2, 0.25) is 0 Å². The average molecular weight is 241 g/mol. The molecule has 1 aliphatic heterocycles. The van der Waals surface area contributed by atoms with Crippen LogP contribution in [0.1, 0.15) is 13.3 Å². The third kappa shape index (κ3) is 3.20. The molecule has 3 amide bonds. The lowest BCUT2D eigenvalue weighted by Gasteiger charge is -2.19. The first-order valence-electron chi connectivity index (χ1n) is 5.24. The van der Waals surface area contributed by atoms with Crippen LogP contribution < -0.4 is 16.0 Å². The molecule has 7 heteroatoms. The molecule has 0 aliphatic carbocycles. The molecule has 94 valence electrons. The number of urea groups is 1.